The topological polar surface area (TPSA) is 119 Å². The highest BCUT2D eigenvalue weighted by molar-refractivity contribution is 6.14. The summed E-state index contributed by atoms with van der Waals surface area (Å²) in [5.41, 5.74) is 2.11. The van der Waals surface area contributed by atoms with Crippen LogP contribution in [0.1, 0.15) is 25.8 Å². The standard InChI is InChI=1S/C27H35FN8O2.C2H6/c1-8-22(18-13-19-16-31-35-26(19)21(28)14-18)33-27(30-4)34-23(24(38-7)11-10-12-36(5)6)15-20(17-29-3)32-25(37)9-2;1-2/h8-9,11,13-17,29H,1-2,10,12H2,3-7H3,(H,30,34)(H,31,35)(H,32,37);1-2H3/b20-17-,23-15+,24-11+,33-22+;. The summed E-state index contributed by atoms with van der Waals surface area (Å²) >= 11 is 0. The largest absolute Gasteiger partial charge is 0.495 e. The first-order chi connectivity index (χ1) is 19.3. The maximum atomic E-state index is 14.6. The molecule has 2 aromatic rings. The molecule has 1 aromatic heterocycles. The molecule has 4 N–H and O–H groups in total. The van der Waals surface area contributed by atoms with Crippen LogP contribution in [-0.2, 0) is 9.53 Å². The number of hydrogen-bond acceptors (Lipinski definition) is 6. The number of methoxy groups -OCH3 is 1. The number of fused-ring (bicyclic) bond motifs is 1. The molecule has 0 atom stereocenters. The van der Waals surface area contributed by atoms with Crippen molar-refractivity contribution >= 4 is 28.5 Å². The second kappa shape index (κ2) is 17.9. The number of rotatable bonds is 12. The van der Waals surface area contributed by atoms with Gasteiger partial charge in [0.05, 0.1) is 30.4 Å². The summed E-state index contributed by atoms with van der Waals surface area (Å²) < 4.78 is 20.3. The van der Waals surface area contributed by atoms with Gasteiger partial charge in [0.2, 0.25) is 11.9 Å². The molecule has 0 radical (unpaired) electrons. The van der Waals surface area contributed by atoms with E-state index in [2.05, 4.69) is 49.3 Å². The molecule has 1 heterocycles. The summed E-state index contributed by atoms with van der Waals surface area (Å²) in [6.07, 6.45) is 10.1. The fourth-order valence-electron chi connectivity index (χ4n) is 3.30. The Hall–Kier alpha value is -4.51. The third-order valence-corrected chi connectivity index (χ3v) is 5.12. The predicted octanol–water partition coefficient (Wildman–Crippen LogP) is 4.01. The van der Waals surface area contributed by atoms with Gasteiger partial charge in [-0.3, -0.25) is 14.9 Å². The van der Waals surface area contributed by atoms with Gasteiger partial charge in [0.15, 0.2) is 0 Å². The van der Waals surface area contributed by atoms with Crippen LogP contribution in [0.5, 0.6) is 0 Å². The van der Waals surface area contributed by atoms with E-state index < -0.39 is 5.82 Å². The number of nitrogens with one attached hydrogen (secondary N) is 4. The van der Waals surface area contributed by atoms with Crippen LogP contribution in [0.3, 0.4) is 0 Å². The van der Waals surface area contributed by atoms with E-state index in [0.29, 0.717) is 45.8 Å². The van der Waals surface area contributed by atoms with Gasteiger partial charge in [-0.15, -0.1) is 0 Å². The Morgan fingerprint density at radius 1 is 1.23 bits per heavy atom. The van der Waals surface area contributed by atoms with Gasteiger partial charge in [0.25, 0.3) is 0 Å². The molecule has 0 saturated carbocycles. The molecule has 1 aromatic carbocycles. The third kappa shape index (κ3) is 10.3. The van der Waals surface area contributed by atoms with Crippen LogP contribution in [0.2, 0.25) is 0 Å². The number of allylic oxidation sites excluding steroid dienone is 2. The minimum absolute atomic E-state index is 0.202. The van der Waals surface area contributed by atoms with Crippen LogP contribution in [0.15, 0.2) is 89.1 Å². The number of ether oxygens (including phenoxy) is 1. The maximum Gasteiger partial charge on any atom is 0.247 e. The lowest BCUT2D eigenvalue weighted by molar-refractivity contribution is -0.115. The number of guanidine groups is 1. The normalized spacial score (nSPS) is 13.0. The summed E-state index contributed by atoms with van der Waals surface area (Å²) in [6.45, 7) is 12.1. The van der Waals surface area contributed by atoms with E-state index >= 15 is 0 Å². The molecule has 0 fully saturated rings. The number of halogens is 1. The first-order valence-corrected chi connectivity index (χ1v) is 12.8. The Morgan fingerprint density at radius 3 is 2.52 bits per heavy atom. The number of benzene rings is 1. The Bertz CT molecular complexity index is 1300. The summed E-state index contributed by atoms with van der Waals surface area (Å²) in [6, 6.07) is 3.11. The Kier molecular flexibility index (Phi) is 15.0. The van der Waals surface area contributed by atoms with Crippen LogP contribution >= 0.6 is 0 Å². The molecule has 0 aliphatic rings. The average Bonchev–Trinajstić information content (AvgIpc) is 3.43. The number of H-pyrrole nitrogens is 1. The van der Waals surface area contributed by atoms with Crippen molar-refractivity contribution in [2.45, 2.75) is 20.3 Å². The smallest absolute Gasteiger partial charge is 0.247 e. The van der Waals surface area contributed by atoms with Gasteiger partial charge in [-0.1, -0.05) is 27.0 Å². The molecule has 0 aliphatic carbocycles. The molecule has 0 unspecified atom stereocenters. The van der Waals surface area contributed by atoms with Crippen molar-refractivity contribution < 1.29 is 13.9 Å². The highest BCUT2D eigenvalue weighted by Crippen LogP contribution is 2.19. The van der Waals surface area contributed by atoms with E-state index in [-0.39, 0.29) is 11.9 Å². The highest BCUT2D eigenvalue weighted by Gasteiger charge is 2.13. The number of aromatic amines is 1. The van der Waals surface area contributed by atoms with Crippen molar-refractivity contribution in [2.24, 2.45) is 9.98 Å². The Labute approximate surface area is 236 Å². The summed E-state index contributed by atoms with van der Waals surface area (Å²) in [5, 5.41) is 15.9. The number of carbonyl (C=O) groups excluding carboxylic acids is 1. The predicted molar refractivity (Wildman–Crippen MR) is 162 cm³/mol. The van der Waals surface area contributed by atoms with Gasteiger partial charge in [-0.05, 0) is 57.0 Å². The van der Waals surface area contributed by atoms with Gasteiger partial charge in [-0.2, -0.15) is 5.10 Å². The second-order valence-corrected chi connectivity index (χ2v) is 8.17. The second-order valence-electron chi connectivity index (χ2n) is 8.17. The first kappa shape index (κ1) is 33.5. The zero-order valence-electron chi connectivity index (χ0n) is 24.4. The zero-order valence-corrected chi connectivity index (χ0v) is 24.4. The van der Waals surface area contributed by atoms with E-state index in [1.54, 1.807) is 39.5 Å². The zero-order chi connectivity index (χ0) is 30.1. The molecule has 0 spiro atoms. The average molecular weight is 553 g/mol. The van der Waals surface area contributed by atoms with Gasteiger partial charge in [0.1, 0.15) is 17.1 Å². The lowest BCUT2D eigenvalue weighted by Crippen LogP contribution is -2.27. The molecule has 2 rings (SSSR count). The fraction of sp³-hybridized carbons (Fsp3) is 0.310. The quantitative estimate of drug-likeness (QED) is 0.104. The van der Waals surface area contributed by atoms with Crippen LogP contribution in [0.4, 0.5) is 4.39 Å². The number of carbonyl (C=O) groups is 1. The van der Waals surface area contributed by atoms with E-state index in [9.17, 15) is 9.18 Å². The lowest BCUT2D eigenvalue weighted by Gasteiger charge is -2.16. The van der Waals surface area contributed by atoms with E-state index in [1.807, 2.05) is 38.9 Å². The molecular formula is C29H41FN8O2. The van der Waals surface area contributed by atoms with Gasteiger partial charge < -0.3 is 25.6 Å². The summed E-state index contributed by atoms with van der Waals surface area (Å²) in [4.78, 5) is 22.9. The van der Waals surface area contributed by atoms with Crippen molar-refractivity contribution in [1.29, 1.82) is 0 Å². The van der Waals surface area contributed by atoms with Crippen molar-refractivity contribution in [3.63, 3.8) is 0 Å². The fourth-order valence-corrected chi connectivity index (χ4v) is 3.30. The van der Waals surface area contributed by atoms with Gasteiger partial charge in [-0.25, -0.2) is 9.38 Å². The van der Waals surface area contributed by atoms with Crippen molar-refractivity contribution in [1.82, 2.24) is 31.0 Å². The molecule has 0 aliphatic heterocycles. The van der Waals surface area contributed by atoms with Gasteiger partial charge >= 0.3 is 0 Å². The molecule has 0 bridgehead atoms. The number of aliphatic imine (C=N–C) groups is 2. The molecule has 216 valence electrons. The maximum absolute atomic E-state index is 14.6. The Balaban J connectivity index is 0.00000391. The van der Waals surface area contributed by atoms with Crippen molar-refractivity contribution in [2.75, 3.05) is 41.8 Å². The first-order valence-electron chi connectivity index (χ1n) is 12.8. The number of hydrogen-bond donors (Lipinski definition) is 4. The molecule has 10 nitrogen and oxygen atoms in total. The SMILES string of the molecule is C=CC(=O)NC(=C\NC)/C=C(NC(=NC)/N=C(\C=C)c1cc(F)c2[nH]ncc2c1)\C(=C/CCN(C)C)OC.CC. The minimum Gasteiger partial charge on any atom is -0.495 e. The lowest BCUT2D eigenvalue weighted by atomic mass is 10.1. The molecule has 1 amide bonds. The van der Waals surface area contributed by atoms with Crippen LogP contribution < -0.4 is 16.0 Å². The minimum atomic E-state index is -0.460. The van der Waals surface area contributed by atoms with E-state index in [1.165, 1.54) is 24.4 Å². The third-order valence-electron chi connectivity index (χ3n) is 5.12. The molecule has 11 heteroatoms. The van der Waals surface area contributed by atoms with Crippen molar-refractivity contribution in [3.05, 3.63) is 90.5 Å². The van der Waals surface area contributed by atoms with E-state index in [0.717, 1.165) is 6.54 Å². The Morgan fingerprint density at radius 2 is 1.95 bits per heavy atom. The van der Waals surface area contributed by atoms with Crippen molar-refractivity contribution in [3.8, 4) is 0 Å². The molecular weight excluding hydrogens is 511 g/mol. The number of aromatic nitrogens is 2. The monoisotopic (exact) mass is 552 g/mol. The van der Waals surface area contributed by atoms with E-state index in [4.69, 9.17) is 4.74 Å². The summed E-state index contributed by atoms with van der Waals surface area (Å²) in [7, 11) is 8.78. The number of amides is 1. The summed E-state index contributed by atoms with van der Waals surface area (Å²) in [5.74, 6) is -0.138. The molecule has 40 heavy (non-hydrogen) atoms. The van der Waals surface area contributed by atoms with Crippen LogP contribution in [0, 0.1) is 5.82 Å². The molecule has 0 saturated heterocycles. The van der Waals surface area contributed by atoms with Crippen LogP contribution in [0.25, 0.3) is 10.9 Å². The van der Waals surface area contributed by atoms with Crippen LogP contribution in [-0.4, -0.2) is 74.5 Å². The van der Waals surface area contributed by atoms with Gasteiger partial charge in [0, 0.05) is 37.8 Å². The number of nitrogens with zero attached hydrogens (tertiary/aromatic N) is 4. The highest BCUT2D eigenvalue weighted by atomic mass is 19.1.